The normalized spacial score (nSPS) is 26.2. The molecule has 182 valence electrons. The molecule has 5 unspecified atom stereocenters. The predicted octanol–water partition coefficient (Wildman–Crippen LogP) is 2.56. The van der Waals surface area contributed by atoms with Crippen LogP contribution < -0.4 is 4.74 Å². The van der Waals surface area contributed by atoms with Gasteiger partial charge in [-0.2, -0.15) is 21.6 Å². The molecule has 0 aromatic heterocycles. The summed E-state index contributed by atoms with van der Waals surface area (Å²) in [5, 5.41) is 20.9. The summed E-state index contributed by atoms with van der Waals surface area (Å²) in [6.45, 7) is -0.765. The number of hydrogen-bond donors (Lipinski definition) is 2. The van der Waals surface area contributed by atoms with Crippen molar-refractivity contribution in [2.45, 2.75) is 41.8 Å². The van der Waals surface area contributed by atoms with Crippen LogP contribution in [0.5, 0.6) is 5.75 Å². The van der Waals surface area contributed by atoms with E-state index in [9.17, 15) is 31.8 Å². The highest BCUT2D eigenvalue weighted by molar-refractivity contribution is 14.1. The minimum Gasteiger partial charge on any atom is -0.462 e. The van der Waals surface area contributed by atoms with Gasteiger partial charge in [-0.3, -0.25) is 4.18 Å². The number of alkyl halides is 3. The lowest BCUT2D eigenvalue weighted by Gasteiger charge is -2.41. The molecule has 0 bridgehead atoms. The Balaban J connectivity index is 1.75. The number of benzene rings is 2. The molecule has 0 saturated carbocycles. The van der Waals surface area contributed by atoms with Crippen molar-refractivity contribution in [2.75, 3.05) is 13.7 Å². The Labute approximate surface area is 201 Å². The molecule has 8 nitrogen and oxygen atoms in total. The molecule has 0 amide bonds. The van der Waals surface area contributed by atoms with Crippen molar-refractivity contribution in [3.05, 3.63) is 57.7 Å². The van der Waals surface area contributed by atoms with Gasteiger partial charge in [0, 0.05) is 10.7 Å². The summed E-state index contributed by atoms with van der Waals surface area (Å²) in [6, 6.07) is 9.79. The summed E-state index contributed by atoms with van der Waals surface area (Å²) in [5.41, 5.74) is -1.16. The molecular weight excluding hydrogens is 584 g/mol. The molecule has 13 heteroatoms. The lowest BCUT2D eigenvalue weighted by atomic mass is 9.99. The zero-order valence-corrected chi connectivity index (χ0v) is 20.0. The fourth-order valence-corrected chi connectivity index (χ4v) is 4.44. The van der Waals surface area contributed by atoms with Gasteiger partial charge in [0.25, 0.3) is 10.1 Å². The number of aliphatic hydroxyl groups excluding tert-OH is 2. The zero-order chi connectivity index (χ0) is 24.4. The SMILES string of the molecule is COC1C(O)C(COS(=O)(=O)c2cccc(C(F)(F)F)c2)OC(Oc2ccc(I)cc2)C1O. The van der Waals surface area contributed by atoms with E-state index >= 15 is 0 Å². The Kier molecular flexibility index (Phi) is 8.24. The molecule has 3 rings (SSSR count). The molecule has 0 radical (unpaired) electrons. The average molecular weight is 604 g/mol. The first kappa shape index (κ1) is 26.1. The highest BCUT2D eigenvalue weighted by Crippen LogP contribution is 2.31. The first-order valence-electron chi connectivity index (χ1n) is 9.45. The summed E-state index contributed by atoms with van der Waals surface area (Å²) in [5.74, 6) is 0.335. The van der Waals surface area contributed by atoms with Gasteiger partial charge in [-0.25, -0.2) is 0 Å². The second-order valence-corrected chi connectivity index (χ2v) is 9.92. The summed E-state index contributed by atoms with van der Waals surface area (Å²) in [7, 11) is -3.40. The number of ether oxygens (including phenoxy) is 3. The Morgan fingerprint density at radius 1 is 1.09 bits per heavy atom. The van der Waals surface area contributed by atoms with E-state index in [4.69, 9.17) is 18.4 Å². The van der Waals surface area contributed by atoms with Crippen LogP contribution in [0.1, 0.15) is 5.56 Å². The third-order valence-electron chi connectivity index (χ3n) is 4.82. The van der Waals surface area contributed by atoms with Crippen molar-refractivity contribution in [1.82, 2.24) is 0 Å². The maximum Gasteiger partial charge on any atom is 0.416 e. The monoisotopic (exact) mass is 604 g/mol. The van der Waals surface area contributed by atoms with Crippen molar-refractivity contribution in [2.24, 2.45) is 0 Å². The molecule has 33 heavy (non-hydrogen) atoms. The molecule has 0 aliphatic carbocycles. The van der Waals surface area contributed by atoms with E-state index in [1.54, 1.807) is 24.3 Å². The molecule has 2 aromatic carbocycles. The van der Waals surface area contributed by atoms with Gasteiger partial charge in [-0.05, 0) is 65.1 Å². The zero-order valence-electron chi connectivity index (χ0n) is 17.0. The average Bonchev–Trinajstić information content (AvgIpc) is 2.76. The molecule has 0 spiro atoms. The number of rotatable bonds is 7. The second kappa shape index (κ2) is 10.4. The van der Waals surface area contributed by atoms with Crippen LogP contribution in [-0.2, 0) is 30.0 Å². The third-order valence-corrected chi connectivity index (χ3v) is 6.81. The summed E-state index contributed by atoms with van der Waals surface area (Å²) in [6.07, 6.45) is -11.6. The van der Waals surface area contributed by atoms with Gasteiger partial charge in [0.15, 0.2) is 0 Å². The largest absolute Gasteiger partial charge is 0.462 e. The highest BCUT2D eigenvalue weighted by atomic mass is 127. The van der Waals surface area contributed by atoms with Crippen molar-refractivity contribution in [3.8, 4) is 5.75 Å². The molecule has 1 aliphatic heterocycles. The molecule has 1 aliphatic rings. The van der Waals surface area contributed by atoms with E-state index in [2.05, 4.69) is 22.6 Å². The van der Waals surface area contributed by atoms with Gasteiger partial charge in [0.05, 0.1) is 17.1 Å². The van der Waals surface area contributed by atoms with Crippen molar-refractivity contribution >= 4 is 32.7 Å². The van der Waals surface area contributed by atoms with Gasteiger partial charge in [-0.15, -0.1) is 0 Å². The van der Waals surface area contributed by atoms with Gasteiger partial charge >= 0.3 is 6.18 Å². The topological polar surface area (TPSA) is 112 Å². The highest BCUT2D eigenvalue weighted by Gasteiger charge is 2.46. The molecule has 2 aromatic rings. The fourth-order valence-electron chi connectivity index (χ4n) is 3.12. The summed E-state index contributed by atoms with van der Waals surface area (Å²) >= 11 is 2.09. The van der Waals surface area contributed by atoms with E-state index in [-0.39, 0.29) is 0 Å². The Morgan fingerprint density at radius 2 is 1.76 bits per heavy atom. The molecule has 2 N–H and O–H groups in total. The molecule has 1 heterocycles. The van der Waals surface area contributed by atoms with Crippen LogP contribution in [0.15, 0.2) is 53.4 Å². The first-order valence-corrected chi connectivity index (χ1v) is 11.9. The van der Waals surface area contributed by atoms with Gasteiger partial charge in [0.2, 0.25) is 6.29 Å². The van der Waals surface area contributed by atoms with Crippen LogP contribution in [0.3, 0.4) is 0 Å². The minimum absolute atomic E-state index is 0.335. The quantitative estimate of drug-likeness (QED) is 0.367. The minimum atomic E-state index is -4.74. The van der Waals surface area contributed by atoms with Crippen LogP contribution in [0, 0.1) is 3.57 Å². The van der Waals surface area contributed by atoms with Crippen molar-refractivity contribution in [3.63, 3.8) is 0 Å². The third kappa shape index (κ3) is 6.35. The van der Waals surface area contributed by atoms with Crippen molar-refractivity contribution < 1.29 is 50.2 Å². The Hall–Kier alpha value is -1.49. The van der Waals surface area contributed by atoms with Gasteiger partial charge in [-0.1, -0.05) is 6.07 Å². The molecule has 1 fully saturated rings. The Bertz CT molecular complexity index is 1050. The number of halogens is 4. The van der Waals surface area contributed by atoms with E-state index in [1.165, 1.54) is 7.11 Å². The van der Waals surface area contributed by atoms with Gasteiger partial charge in [0.1, 0.15) is 30.2 Å². The summed E-state index contributed by atoms with van der Waals surface area (Å²) < 4.78 is 85.6. The van der Waals surface area contributed by atoms with Crippen LogP contribution in [0.4, 0.5) is 13.2 Å². The van der Waals surface area contributed by atoms with Crippen LogP contribution in [0.25, 0.3) is 0 Å². The maximum atomic E-state index is 12.9. The number of hydrogen-bond acceptors (Lipinski definition) is 8. The molecule has 5 atom stereocenters. The van der Waals surface area contributed by atoms with Crippen LogP contribution >= 0.6 is 22.6 Å². The van der Waals surface area contributed by atoms with Gasteiger partial charge < -0.3 is 24.4 Å². The standard InChI is InChI=1S/C20H20F3IO8S/c1-29-18-16(25)15(32-19(17(18)26)31-13-7-5-12(24)6-8-13)10-30-33(27,28)14-4-2-3-11(9-14)20(21,22)23/h2-9,15-19,25-26H,10H2,1H3. The first-order chi connectivity index (χ1) is 15.4. The van der Waals surface area contributed by atoms with E-state index < -0.39 is 64.1 Å². The second-order valence-electron chi connectivity index (χ2n) is 7.06. The fraction of sp³-hybridized carbons (Fsp3) is 0.400. The van der Waals surface area contributed by atoms with E-state index in [0.29, 0.717) is 11.8 Å². The van der Waals surface area contributed by atoms with Crippen LogP contribution in [0.2, 0.25) is 0 Å². The number of aliphatic hydroxyl groups is 2. The van der Waals surface area contributed by atoms with E-state index in [1.807, 2.05) is 0 Å². The molecular formula is C20H20F3IO8S. The predicted molar refractivity (Wildman–Crippen MR) is 116 cm³/mol. The van der Waals surface area contributed by atoms with Crippen LogP contribution in [-0.4, -0.2) is 63.1 Å². The number of methoxy groups -OCH3 is 1. The lowest BCUT2D eigenvalue weighted by molar-refractivity contribution is -0.280. The van der Waals surface area contributed by atoms with Crippen molar-refractivity contribution in [1.29, 1.82) is 0 Å². The molecule has 1 saturated heterocycles. The maximum absolute atomic E-state index is 12.9. The smallest absolute Gasteiger partial charge is 0.416 e. The summed E-state index contributed by atoms with van der Waals surface area (Å²) in [4.78, 5) is -0.711. The van der Waals surface area contributed by atoms with E-state index in [0.717, 1.165) is 21.8 Å². The lowest BCUT2D eigenvalue weighted by Crippen LogP contribution is -2.60. The Morgan fingerprint density at radius 3 is 2.36 bits per heavy atom.